The van der Waals surface area contributed by atoms with Gasteiger partial charge < -0.3 is 14.8 Å². The van der Waals surface area contributed by atoms with Crippen LogP contribution in [0.5, 0.6) is 11.5 Å². The zero-order valence-electron chi connectivity index (χ0n) is 13.6. The van der Waals surface area contributed by atoms with E-state index in [1.54, 1.807) is 12.2 Å². The molecule has 0 fully saturated rings. The minimum atomic E-state index is -0.0605. The summed E-state index contributed by atoms with van der Waals surface area (Å²) in [4.78, 5) is 11.9. The van der Waals surface area contributed by atoms with Crippen molar-refractivity contribution in [1.82, 2.24) is 5.32 Å². The molecule has 0 aliphatic carbocycles. The minimum Gasteiger partial charge on any atom is -0.454 e. The fraction of sp³-hybridized carbons (Fsp3) is 0.500. The Labute approximate surface area is 132 Å². The van der Waals surface area contributed by atoms with Crippen molar-refractivity contribution in [3.05, 3.63) is 29.8 Å². The van der Waals surface area contributed by atoms with Gasteiger partial charge in [0, 0.05) is 12.1 Å². The van der Waals surface area contributed by atoms with E-state index in [4.69, 9.17) is 9.47 Å². The molecule has 1 atom stereocenters. The molecule has 22 heavy (non-hydrogen) atoms. The molecule has 1 unspecified atom stereocenters. The van der Waals surface area contributed by atoms with Gasteiger partial charge in [0.15, 0.2) is 11.5 Å². The van der Waals surface area contributed by atoms with Crippen LogP contribution in [0.15, 0.2) is 24.3 Å². The van der Waals surface area contributed by atoms with E-state index in [9.17, 15) is 4.79 Å². The lowest BCUT2D eigenvalue weighted by Gasteiger charge is -2.13. The van der Waals surface area contributed by atoms with Gasteiger partial charge in [-0.1, -0.05) is 32.8 Å². The van der Waals surface area contributed by atoms with Crippen LogP contribution in [0.25, 0.3) is 6.08 Å². The number of hydrogen-bond donors (Lipinski definition) is 1. The number of carbonyl (C=O) groups excluding carboxylic acids is 1. The van der Waals surface area contributed by atoms with Crippen LogP contribution in [-0.2, 0) is 4.79 Å². The Balaban J connectivity index is 1.78. The van der Waals surface area contributed by atoms with Crippen LogP contribution in [-0.4, -0.2) is 18.7 Å². The normalized spacial score (nSPS) is 14.5. The molecule has 2 rings (SSSR count). The maximum Gasteiger partial charge on any atom is 0.244 e. The van der Waals surface area contributed by atoms with Crippen LogP contribution >= 0.6 is 0 Å². The predicted octanol–water partition coefficient (Wildman–Crippen LogP) is 3.76. The molecule has 0 aromatic heterocycles. The van der Waals surface area contributed by atoms with Crippen LogP contribution in [0.2, 0.25) is 0 Å². The third-order valence-electron chi connectivity index (χ3n) is 3.63. The maximum absolute atomic E-state index is 11.9. The lowest BCUT2D eigenvalue weighted by atomic mass is 10.0. The third-order valence-corrected chi connectivity index (χ3v) is 3.63. The van der Waals surface area contributed by atoms with E-state index in [0.29, 0.717) is 5.92 Å². The third kappa shape index (κ3) is 5.10. The zero-order chi connectivity index (χ0) is 15.9. The summed E-state index contributed by atoms with van der Waals surface area (Å²) in [6, 6.07) is 5.84. The van der Waals surface area contributed by atoms with Crippen LogP contribution in [0, 0.1) is 5.92 Å². The Morgan fingerprint density at radius 2 is 2.00 bits per heavy atom. The Hall–Kier alpha value is -1.97. The molecular weight excluding hydrogens is 278 g/mol. The molecule has 1 aromatic carbocycles. The summed E-state index contributed by atoms with van der Waals surface area (Å²) in [5, 5.41) is 2.99. The number of rotatable bonds is 7. The first-order valence-electron chi connectivity index (χ1n) is 7.93. The van der Waals surface area contributed by atoms with Crippen molar-refractivity contribution in [3.63, 3.8) is 0 Å². The Bertz CT molecular complexity index is 537. The van der Waals surface area contributed by atoms with Crippen molar-refractivity contribution in [1.29, 1.82) is 0 Å². The summed E-state index contributed by atoms with van der Waals surface area (Å²) in [5.41, 5.74) is 0.923. The molecule has 1 amide bonds. The van der Waals surface area contributed by atoms with Gasteiger partial charge in [-0.05, 0) is 43.0 Å². The number of hydrogen-bond acceptors (Lipinski definition) is 3. The smallest absolute Gasteiger partial charge is 0.244 e. The molecule has 1 N–H and O–H groups in total. The van der Waals surface area contributed by atoms with Gasteiger partial charge in [-0.3, -0.25) is 4.79 Å². The highest BCUT2D eigenvalue weighted by Crippen LogP contribution is 2.32. The SMILES string of the molecule is CC(C)CCCC(C)NC(=O)/C=C/c1ccc2c(c1)OCO2. The highest BCUT2D eigenvalue weighted by atomic mass is 16.7. The highest BCUT2D eigenvalue weighted by Gasteiger charge is 2.12. The van der Waals surface area contributed by atoms with Crippen molar-refractivity contribution >= 4 is 12.0 Å². The van der Waals surface area contributed by atoms with E-state index < -0.39 is 0 Å². The number of carbonyl (C=O) groups is 1. The minimum absolute atomic E-state index is 0.0605. The van der Waals surface area contributed by atoms with Crippen molar-refractivity contribution < 1.29 is 14.3 Å². The fourth-order valence-electron chi connectivity index (χ4n) is 2.38. The molecule has 4 heteroatoms. The average molecular weight is 303 g/mol. The van der Waals surface area contributed by atoms with Gasteiger partial charge in [0.25, 0.3) is 0 Å². The summed E-state index contributed by atoms with van der Waals surface area (Å²) in [5.74, 6) is 2.13. The van der Waals surface area contributed by atoms with E-state index >= 15 is 0 Å². The molecule has 1 heterocycles. The molecule has 0 bridgehead atoms. The van der Waals surface area contributed by atoms with Gasteiger partial charge in [-0.15, -0.1) is 0 Å². The maximum atomic E-state index is 11.9. The molecule has 1 aliphatic heterocycles. The first kappa shape index (κ1) is 16.4. The topological polar surface area (TPSA) is 47.6 Å². The molecule has 0 saturated heterocycles. The molecular formula is C18H25NO3. The summed E-state index contributed by atoms with van der Waals surface area (Å²) in [6.07, 6.45) is 6.72. The molecule has 1 aliphatic rings. The van der Waals surface area contributed by atoms with Gasteiger partial charge >= 0.3 is 0 Å². The predicted molar refractivity (Wildman–Crippen MR) is 87.9 cm³/mol. The quantitative estimate of drug-likeness (QED) is 0.780. The largest absolute Gasteiger partial charge is 0.454 e. The Kier molecular flexibility index (Phi) is 5.87. The summed E-state index contributed by atoms with van der Waals surface area (Å²) in [6.45, 7) is 6.75. The van der Waals surface area contributed by atoms with E-state index in [1.807, 2.05) is 25.1 Å². The van der Waals surface area contributed by atoms with Crippen molar-refractivity contribution in [2.24, 2.45) is 5.92 Å². The van der Waals surface area contributed by atoms with Gasteiger partial charge in [0.1, 0.15) is 0 Å². The van der Waals surface area contributed by atoms with Crippen LogP contribution in [0.3, 0.4) is 0 Å². The molecule has 120 valence electrons. The molecule has 0 saturated carbocycles. The lowest BCUT2D eigenvalue weighted by Crippen LogP contribution is -2.31. The van der Waals surface area contributed by atoms with E-state index in [1.165, 1.54) is 6.42 Å². The van der Waals surface area contributed by atoms with Gasteiger partial charge in [0.2, 0.25) is 12.7 Å². The van der Waals surface area contributed by atoms with Crippen molar-refractivity contribution in [2.75, 3.05) is 6.79 Å². The second-order valence-electron chi connectivity index (χ2n) is 6.18. The number of amides is 1. The van der Waals surface area contributed by atoms with Crippen LogP contribution in [0.1, 0.15) is 45.6 Å². The van der Waals surface area contributed by atoms with E-state index in [0.717, 1.165) is 29.9 Å². The van der Waals surface area contributed by atoms with E-state index in [2.05, 4.69) is 19.2 Å². The van der Waals surface area contributed by atoms with Crippen LogP contribution < -0.4 is 14.8 Å². The summed E-state index contributed by atoms with van der Waals surface area (Å²) < 4.78 is 10.6. The molecule has 0 radical (unpaired) electrons. The van der Waals surface area contributed by atoms with Crippen molar-refractivity contribution in [2.45, 2.75) is 46.1 Å². The van der Waals surface area contributed by atoms with Gasteiger partial charge in [-0.25, -0.2) is 0 Å². The van der Waals surface area contributed by atoms with Gasteiger partial charge in [0.05, 0.1) is 0 Å². The molecule has 4 nitrogen and oxygen atoms in total. The van der Waals surface area contributed by atoms with Crippen molar-refractivity contribution in [3.8, 4) is 11.5 Å². The number of ether oxygens (including phenoxy) is 2. The standard InChI is InChI=1S/C18H25NO3/c1-13(2)5-4-6-14(3)19-18(20)10-8-15-7-9-16-17(11-15)22-12-21-16/h7-11,13-14H,4-6,12H2,1-3H3,(H,19,20)/b10-8+. The van der Waals surface area contributed by atoms with Crippen LogP contribution in [0.4, 0.5) is 0 Å². The first-order valence-corrected chi connectivity index (χ1v) is 7.93. The number of benzene rings is 1. The fourth-order valence-corrected chi connectivity index (χ4v) is 2.38. The summed E-state index contributed by atoms with van der Waals surface area (Å²) in [7, 11) is 0. The number of fused-ring (bicyclic) bond motifs is 1. The second-order valence-corrected chi connectivity index (χ2v) is 6.18. The lowest BCUT2D eigenvalue weighted by molar-refractivity contribution is -0.117. The zero-order valence-corrected chi connectivity index (χ0v) is 13.6. The monoisotopic (exact) mass is 303 g/mol. The summed E-state index contributed by atoms with van der Waals surface area (Å²) >= 11 is 0. The molecule has 0 spiro atoms. The first-order chi connectivity index (χ1) is 10.5. The van der Waals surface area contributed by atoms with Gasteiger partial charge in [-0.2, -0.15) is 0 Å². The molecule has 1 aromatic rings. The Morgan fingerprint density at radius 1 is 1.23 bits per heavy atom. The number of nitrogens with one attached hydrogen (secondary N) is 1. The van der Waals surface area contributed by atoms with E-state index in [-0.39, 0.29) is 18.7 Å². The Morgan fingerprint density at radius 3 is 2.77 bits per heavy atom. The highest BCUT2D eigenvalue weighted by molar-refractivity contribution is 5.92. The average Bonchev–Trinajstić information content (AvgIpc) is 2.92. The second kappa shape index (κ2) is 7.87.